The van der Waals surface area contributed by atoms with Gasteiger partial charge >= 0.3 is 0 Å². The fourth-order valence-electron chi connectivity index (χ4n) is 1.04. The molecule has 0 aromatic heterocycles. The molecule has 1 nitrogen and oxygen atoms in total. The minimum Gasteiger partial charge on any atom is -0.491 e. The fraction of sp³-hybridized carbons (Fsp3) is 0.500. The summed E-state index contributed by atoms with van der Waals surface area (Å²) in [6, 6.07) is 4.70. The third kappa shape index (κ3) is 4.85. The van der Waals surface area contributed by atoms with Crippen LogP contribution in [0.3, 0.4) is 0 Å². The Balaban J connectivity index is 0.000000791. The first-order valence-corrected chi connectivity index (χ1v) is 5.02. The number of rotatable bonds is 2. The molecule has 1 rings (SSSR count). The Morgan fingerprint density at radius 1 is 1.14 bits per heavy atom. The molecule has 0 N–H and O–H groups in total. The third-order valence-electron chi connectivity index (χ3n) is 1.39. The van der Waals surface area contributed by atoms with E-state index in [1.807, 2.05) is 40.7 Å². The van der Waals surface area contributed by atoms with E-state index in [1.165, 1.54) is 12.1 Å². The highest BCUT2D eigenvalue weighted by molar-refractivity contribution is 5.28. The van der Waals surface area contributed by atoms with Crippen LogP contribution in [0.1, 0.15) is 33.3 Å². The van der Waals surface area contributed by atoms with Gasteiger partial charge in [-0.25, -0.2) is 4.39 Å². The highest BCUT2D eigenvalue weighted by Crippen LogP contribution is 2.16. The summed E-state index contributed by atoms with van der Waals surface area (Å²) in [6.07, 6.45) is 0.0891. The predicted molar refractivity (Wildman–Crippen MR) is 58.2 cm³/mol. The Hall–Kier alpha value is -1.05. The van der Waals surface area contributed by atoms with Gasteiger partial charge in [0, 0.05) is 6.07 Å². The molecule has 0 aliphatic carbocycles. The summed E-state index contributed by atoms with van der Waals surface area (Å²) in [4.78, 5) is 0. The number of hydrogen-bond donors (Lipinski definition) is 0. The highest BCUT2D eigenvalue weighted by Gasteiger charge is 2.00. The lowest BCUT2D eigenvalue weighted by Gasteiger charge is -2.09. The Kier molecular flexibility index (Phi) is 5.93. The maximum Gasteiger partial charge on any atom is 0.127 e. The number of aryl methyl sites for hydroxylation is 1. The lowest BCUT2D eigenvalue weighted by Crippen LogP contribution is -2.05. The van der Waals surface area contributed by atoms with Crippen molar-refractivity contribution < 1.29 is 9.13 Å². The molecule has 0 bridgehead atoms. The first-order chi connectivity index (χ1) is 6.58. The van der Waals surface area contributed by atoms with Gasteiger partial charge in [0.1, 0.15) is 11.6 Å². The van der Waals surface area contributed by atoms with E-state index in [1.54, 1.807) is 0 Å². The minimum absolute atomic E-state index is 0.0891. The Morgan fingerprint density at radius 3 is 2.14 bits per heavy atom. The molecule has 0 radical (unpaired) electrons. The van der Waals surface area contributed by atoms with Crippen molar-refractivity contribution in [1.82, 2.24) is 0 Å². The van der Waals surface area contributed by atoms with E-state index >= 15 is 0 Å². The van der Waals surface area contributed by atoms with Gasteiger partial charge in [-0.2, -0.15) is 0 Å². The topological polar surface area (TPSA) is 9.23 Å². The maximum atomic E-state index is 12.8. The average Bonchev–Trinajstić information content (AvgIpc) is 2.04. The van der Waals surface area contributed by atoms with Crippen molar-refractivity contribution in [3.05, 3.63) is 29.6 Å². The molecule has 0 unspecified atom stereocenters. The van der Waals surface area contributed by atoms with Crippen LogP contribution in [-0.2, 0) is 0 Å². The molecule has 0 fully saturated rings. The molecule has 0 atom stereocenters. The molecule has 1 aromatic rings. The largest absolute Gasteiger partial charge is 0.491 e. The van der Waals surface area contributed by atoms with Crippen molar-refractivity contribution >= 4 is 0 Å². The zero-order valence-electron chi connectivity index (χ0n) is 9.60. The monoisotopic (exact) mass is 198 g/mol. The summed E-state index contributed by atoms with van der Waals surface area (Å²) < 4.78 is 18.1. The third-order valence-corrected chi connectivity index (χ3v) is 1.39. The zero-order valence-corrected chi connectivity index (χ0v) is 9.60. The van der Waals surface area contributed by atoms with Gasteiger partial charge in [-0.3, -0.25) is 0 Å². The van der Waals surface area contributed by atoms with Crippen molar-refractivity contribution in [2.24, 2.45) is 0 Å². The zero-order chi connectivity index (χ0) is 11.1. The summed E-state index contributed by atoms with van der Waals surface area (Å²) >= 11 is 0. The average molecular weight is 198 g/mol. The highest BCUT2D eigenvalue weighted by atomic mass is 19.1. The fourth-order valence-corrected chi connectivity index (χ4v) is 1.04. The summed E-state index contributed by atoms with van der Waals surface area (Å²) in [5.41, 5.74) is 0.880. The lowest BCUT2D eigenvalue weighted by atomic mass is 10.2. The second kappa shape index (κ2) is 6.41. The second-order valence-electron chi connectivity index (χ2n) is 3.13. The van der Waals surface area contributed by atoms with E-state index in [2.05, 4.69) is 0 Å². The van der Waals surface area contributed by atoms with Gasteiger partial charge in [0.05, 0.1) is 6.10 Å². The minimum atomic E-state index is -0.245. The molecule has 14 heavy (non-hydrogen) atoms. The number of benzene rings is 1. The lowest BCUT2D eigenvalue weighted by molar-refractivity contribution is 0.241. The molecular formula is C12H19FO. The molecule has 0 saturated carbocycles. The first-order valence-electron chi connectivity index (χ1n) is 5.02. The van der Waals surface area contributed by atoms with Gasteiger partial charge in [-0.1, -0.05) is 13.8 Å². The van der Waals surface area contributed by atoms with Crippen LogP contribution in [0.5, 0.6) is 5.75 Å². The molecule has 80 valence electrons. The van der Waals surface area contributed by atoms with E-state index in [0.717, 1.165) is 5.56 Å². The standard InChI is InChI=1S/C10H13FO.C2H6/c1-7(2)12-10-5-8(3)4-9(11)6-10;1-2/h4-7H,1-3H3;1-2H3. The maximum absolute atomic E-state index is 12.8. The van der Waals surface area contributed by atoms with Crippen LogP contribution in [0.25, 0.3) is 0 Å². The SMILES string of the molecule is CC.Cc1cc(F)cc(OC(C)C)c1. The molecule has 0 aliphatic heterocycles. The summed E-state index contributed by atoms with van der Waals surface area (Å²) in [5, 5.41) is 0. The van der Waals surface area contributed by atoms with Crippen LogP contribution in [-0.4, -0.2) is 6.10 Å². The van der Waals surface area contributed by atoms with Crippen LogP contribution >= 0.6 is 0 Å². The first kappa shape index (κ1) is 12.9. The van der Waals surface area contributed by atoms with Gasteiger partial charge in [-0.05, 0) is 38.5 Å². The predicted octanol–water partition coefficient (Wildman–Crippen LogP) is 3.95. The number of hydrogen-bond acceptors (Lipinski definition) is 1. The number of halogens is 1. The summed E-state index contributed by atoms with van der Waals surface area (Å²) in [7, 11) is 0. The van der Waals surface area contributed by atoms with Crippen LogP contribution < -0.4 is 4.74 Å². The van der Waals surface area contributed by atoms with Gasteiger partial charge in [0.15, 0.2) is 0 Å². The molecule has 1 aromatic carbocycles. The van der Waals surface area contributed by atoms with Crippen molar-refractivity contribution in [1.29, 1.82) is 0 Å². The molecule has 0 saturated heterocycles. The van der Waals surface area contributed by atoms with Crippen molar-refractivity contribution in [3.8, 4) is 5.75 Å². The summed E-state index contributed by atoms with van der Waals surface area (Å²) in [6.45, 7) is 9.68. The van der Waals surface area contributed by atoms with E-state index in [9.17, 15) is 4.39 Å². The Labute approximate surface area is 85.9 Å². The quantitative estimate of drug-likeness (QED) is 0.699. The van der Waals surface area contributed by atoms with Crippen molar-refractivity contribution in [3.63, 3.8) is 0 Å². The van der Waals surface area contributed by atoms with Gasteiger partial charge in [-0.15, -0.1) is 0 Å². The van der Waals surface area contributed by atoms with Gasteiger partial charge in [0.25, 0.3) is 0 Å². The van der Waals surface area contributed by atoms with E-state index < -0.39 is 0 Å². The van der Waals surface area contributed by atoms with Crippen LogP contribution in [0.4, 0.5) is 4.39 Å². The molecule has 0 aliphatic rings. The summed E-state index contributed by atoms with van der Waals surface area (Å²) in [5.74, 6) is 0.355. The van der Waals surface area contributed by atoms with E-state index in [0.29, 0.717) is 5.75 Å². The van der Waals surface area contributed by atoms with Gasteiger partial charge < -0.3 is 4.74 Å². The Morgan fingerprint density at radius 2 is 1.71 bits per heavy atom. The molecule has 0 amide bonds. The Bertz CT molecular complexity index is 249. The van der Waals surface area contributed by atoms with Crippen LogP contribution in [0.15, 0.2) is 18.2 Å². The molecule has 0 heterocycles. The van der Waals surface area contributed by atoms with E-state index in [-0.39, 0.29) is 11.9 Å². The smallest absolute Gasteiger partial charge is 0.127 e. The van der Waals surface area contributed by atoms with Crippen molar-refractivity contribution in [2.45, 2.75) is 40.7 Å². The van der Waals surface area contributed by atoms with Crippen LogP contribution in [0, 0.1) is 12.7 Å². The molecular weight excluding hydrogens is 179 g/mol. The van der Waals surface area contributed by atoms with Crippen molar-refractivity contribution in [2.75, 3.05) is 0 Å². The molecule has 2 heteroatoms. The number of ether oxygens (including phenoxy) is 1. The second-order valence-corrected chi connectivity index (χ2v) is 3.13. The van der Waals surface area contributed by atoms with Crippen LogP contribution in [0.2, 0.25) is 0 Å². The van der Waals surface area contributed by atoms with Gasteiger partial charge in [0.2, 0.25) is 0 Å². The van der Waals surface area contributed by atoms with E-state index in [4.69, 9.17) is 4.74 Å². The molecule has 0 spiro atoms. The normalized spacial score (nSPS) is 9.36.